The molecule has 2 aromatic heterocycles. The van der Waals surface area contributed by atoms with Crippen molar-refractivity contribution < 1.29 is 9.15 Å². The third kappa shape index (κ3) is 9.46. The fraction of sp³-hybridized carbons (Fsp3) is 0.400. The number of guanidine groups is 1. The van der Waals surface area contributed by atoms with Crippen LogP contribution >= 0.6 is 24.0 Å². The maximum Gasteiger partial charge on any atom is 0.213 e. The van der Waals surface area contributed by atoms with Gasteiger partial charge < -0.3 is 19.8 Å². The van der Waals surface area contributed by atoms with Gasteiger partial charge in [0.1, 0.15) is 11.4 Å². The van der Waals surface area contributed by atoms with Crippen molar-refractivity contribution in [1.82, 2.24) is 15.6 Å². The molecule has 7 heteroatoms. The summed E-state index contributed by atoms with van der Waals surface area (Å²) >= 11 is 0. The van der Waals surface area contributed by atoms with Crippen LogP contribution in [0.3, 0.4) is 0 Å². The zero-order valence-electron chi connectivity index (χ0n) is 16.2. The zero-order chi connectivity index (χ0) is 18.8. The molecule has 27 heavy (non-hydrogen) atoms. The lowest BCUT2D eigenvalue weighted by Crippen LogP contribution is -2.38. The second-order valence-corrected chi connectivity index (χ2v) is 6.81. The molecule has 148 valence electrons. The minimum absolute atomic E-state index is 0. The number of aliphatic imine (C=N–C) groups is 1. The van der Waals surface area contributed by atoms with Crippen molar-refractivity contribution in [2.24, 2.45) is 4.99 Å². The number of furan rings is 1. The normalized spacial score (nSPS) is 11.4. The lowest BCUT2D eigenvalue weighted by Gasteiger charge is -2.20. The molecule has 0 amide bonds. The van der Waals surface area contributed by atoms with E-state index in [2.05, 4.69) is 27.2 Å². The van der Waals surface area contributed by atoms with Gasteiger partial charge in [-0.2, -0.15) is 0 Å². The minimum Gasteiger partial charge on any atom is -0.472 e. The molecule has 6 nitrogen and oxygen atoms in total. The fourth-order valence-electron chi connectivity index (χ4n) is 2.15. The van der Waals surface area contributed by atoms with Crippen molar-refractivity contribution in [2.75, 3.05) is 13.1 Å². The van der Waals surface area contributed by atoms with E-state index in [9.17, 15) is 0 Å². The molecule has 2 rings (SSSR count). The highest BCUT2D eigenvalue weighted by atomic mass is 127. The summed E-state index contributed by atoms with van der Waals surface area (Å²) in [5, 5.41) is 6.50. The summed E-state index contributed by atoms with van der Waals surface area (Å²) < 4.78 is 11.1. The van der Waals surface area contributed by atoms with Gasteiger partial charge in [-0.1, -0.05) is 12.1 Å². The summed E-state index contributed by atoms with van der Waals surface area (Å²) in [6, 6.07) is 7.70. The molecule has 0 bridgehead atoms. The van der Waals surface area contributed by atoms with Gasteiger partial charge in [-0.15, -0.1) is 30.6 Å². The predicted octanol–water partition coefficient (Wildman–Crippen LogP) is 3.93. The zero-order valence-corrected chi connectivity index (χ0v) is 18.5. The Hall–Kier alpha value is -2.03. The Morgan fingerprint density at radius 1 is 1.30 bits per heavy atom. The third-order valence-electron chi connectivity index (χ3n) is 3.29. The molecule has 0 saturated carbocycles. The molecule has 0 unspecified atom stereocenters. The van der Waals surface area contributed by atoms with Crippen LogP contribution in [0.25, 0.3) is 0 Å². The largest absolute Gasteiger partial charge is 0.472 e. The summed E-state index contributed by atoms with van der Waals surface area (Å²) in [7, 11) is 0. The molecule has 2 aromatic rings. The number of nitrogens with one attached hydrogen (secondary N) is 2. The molecule has 0 radical (unpaired) electrons. The van der Waals surface area contributed by atoms with Gasteiger partial charge in [0.25, 0.3) is 0 Å². The van der Waals surface area contributed by atoms with Crippen molar-refractivity contribution >= 4 is 29.9 Å². The van der Waals surface area contributed by atoms with Crippen LogP contribution in [0.4, 0.5) is 0 Å². The number of halogens is 1. The average Bonchev–Trinajstić information content (AvgIpc) is 3.10. The summed E-state index contributed by atoms with van der Waals surface area (Å²) in [6.07, 6.45) is 6.06. The minimum atomic E-state index is -0.258. The van der Waals surface area contributed by atoms with Crippen LogP contribution < -0.4 is 15.4 Å². The van der Waals surface area contributed by atoms with Crippen LogP contribution in [-0.4, -0.2) is 29.6 Å². The Morgan fingerprint density at radius 2 is 2.11 bits per heavy atom. The Morgan fingerprint density at radius 3 is 2.70 bits per heavy atom. The summed E-state index contributed by atoms with van der Waals surface area (Å²) in [6.45, 7) is 11.6. The van der Waals surface area contributed by atoms with Crippen LogP contribution in [0.5, 0.6) is 5.88 Å². The van der Waals surface area contributed by atoms with Crippen LogP contribution in [0.15, 0.2) is 58.8 Å². The topological polar surface area (TPSA) is 71.7 Å². The van der Waals surface area contributed by atoms with E-state index in [4.69, 9.17) is 9.15 Å². The standard InChI is InChI=1S/C20H28N4O2.HI/c1-5-11-21-19(22-12-10-17-7-6-13-25-17)24-15-16-8-9-18(23-14-16)26-20(2,3)4;/h5-9,13-14H,1,10-12,15H2,2-4H3,(H2,21,22,24);1H. The monoisotopic (exact) mass is 484 g/mol. The Bertz CT molecular complexity index is 692. The molecule has 0 fully saturated rings. The second kappa shape index (κ2) is 11.6. The van der Waals surface area contributed by atoms with Crippen LogP contribution in [0.2, 0.25) is 0 Å². The maximum absolute atomic E-state index is 5.73. The number of hydrogen-bond donors (Lipinski definition) is 2. The van der Waals surface area contributed by atoms with Gasteiger partial charge >= 0.3 is 0 Å². The first-order chi connectivity index (χ1) is 12.5. The molecule has 0 aliphatic heterocycles. The Balaban J connectivity index is 0.00000364. The SMILES string of the molecule is C=CCNC(=NCc1ccc(OC(C)(C)C)nc1)NCCc1ccco1.I. The molecule has 2 heterocycles. The predicted molar refractivity (Wildman–Crippen MR) is 120 cm³/mol. The fourth-order valence-corrected chi connectivity index (χ4v) is 2.15. The highest BCUT2D eigenvalue weighted by Crippen LogP contribution is 2.15. The number of ether oxygens (including phenoxy) is 1. The van der Waals surface area contributed by atoms with E-state index in [1.165, 1.54) is 0 Å². The first kappa shape index (κ1) is 23.0. The average molecular weight is 484 g/mol. The first-order valence-electron chi connectivity index (χ1n) is 8.76. The smallest absolute Gasteiger partial charge is 0.213 e. The number of aromatic nitrogens is 1. The quantitative estimate of drug-likeness (QED) is 0.257. The van der Waals surface area contributed by atoms with Crippen LogP contribution in [0.1, 0.15) is 32.1 Å². The van der Waals surface area contributed by atoms with E-state index in [1.807, 2.05) is 45.0 Å². The summed E-state index contributed by atoms with van der Waals surface area (Å²) in [5.41, 5.74) is 0.754. The van der Waals surface area contributed by atoms with Gasteiger partial charge in [-0.05, 0) is 38.5 Å². The van der Waals surface area contributed by atoms with E-state index in [1.54, 1.807) is 18.5 Å². The van der Waals surface area contributed by atoms with Gasteiger partial charge in [-0.3, -0.25) is 0 Å². The van der Waals surface area contributed by atoms with E-state index < -0.39 is 0 Å². The second-order valence-electron chi connectivity index (χ2n) is 6.81. The van der Waals surface area contributed by atoms with Crippen LogP contribution in [0, 0.1) is 0 Å². The molecule has 0 aliphatic carbocycles. The van der Waals surface area contributed by atoms with E-state index in [-0.39, 0.29) is 29.6 Å². The van der Waals surface area contributed by atoms with Gasteiger partial charge in [0.15, 0.2) is 5.96 Å². The molecular weight excluding hydrogens is 455 g/mol. The van der Waals surface area contributed by atoms with E-state index in [0.29, 0.717) is 19.0 Å². The molecule has 0 spiro atoms. The lowest BCUT2D eigenvalue weighted by molar-refractivity contribution is 0.124. The lowest BCUT2D eigenvalue weighted by atomic mass is 10.2. The Labute approximate surface area is 178 Å². The van der Waals surface area contributed by atoms with Gasteiger partial charge in [0.05, 0.1) is 12.8 Å². The van der Waals surface area contributed by atoms with Crippen molar-refractivity contribution in [3.05, 3.63) is 60.7 Å². The maximum atomic E-state index is 5.73. The Kier molecular flexibility index (Phi) is 9.92. The van der Waals surface area contributed by atoms with Gasteiger partial charge in [0, 0.05) is 31.8 Å². The molecule has 0 atom stereocenters. The molecule has 0 saturated heterocycles. The molecule has 0 aliphatic rings. The first-order valence-corrected chi connectivity index (χ1v) is 8.76. The number of hydrogen-bond acceptors (Lipinski definition) is 4. The van der Waals surface area contributed by atoms with E-state index >= 15 is 0 Å². The van der Waals surface area contributed by atoms with Crippen LogP contribution in [-0.2, 0) is 13.0 Å². The van der Waals surface area contributed by atoms with Crippen molar-refractivity contribution in [3.63, 3.8) is 0 Å². The molecule has 0 aromatic carbocycles. The van der Waals surface area contributed by atoms with Crippen molar-refractivity contribution in [3.8, 4) is 5.88 Å². The highest BCUT2D eigenvalue weighted by molar-refractivity contribution is 14.0. The van der Waals surface area contributed by atoms with E-state index in [0.717, 1.165) is 30.2 Å². The number of pyridine rings is 1. The van der Waals surface area contributed by atoms with Gasteiger partial charge in [-0.25, -0.2) is 9.98 Å². The number of nitrogens with zero attached hydrogens (tertiary/aromatic N) is 2. The van der Waals surface area contributed by atoms with Gasteiger partial charge in [0.2, 0.25) is 5.88 Å². The third-order valence-corrected chi connectivity index (χ3v) is 3.29. The number of rotatable bonds is 8. The molecule has 2 N–H and O–H groups in total. The highest BCUT2D eigenvalue weighted by Gasteiger charge is 2.12. The van der Waals surface area contributed by atoms with Crippen molar-refractivity contribution in [2.45, 2.75) is 39.3 Å². The molecular formula is C20H29IN4O2. The summed E-state index contributed by atoms with van der Waals surface area (Å²) in [4.78, 5) is 8.93. The van der Waals surface area contributed by atoms with Crippen molar-refractivity contribution in [1.29, 1.82) is 0 Å². The summed E-state index contributed by atoms with van der Waals surface area (Å²) in [5.74, 6) is 2.29.